The lowest BCUT2D eigenvalue weighted by atomic mass is 9.81. The number of methoxy groups -OCH3 is 1. The van der Waals surface area contributed by atoms with Crippen LogP contribution in [0.3, 0.4) is 0 Å². The number of carbonyl (C=O) groups is 2. The molecule has 2 aliphatic heterocycles. The molecule has 0 spiro atoms. The number of benzene rings is 2. The zero-order valence-electron chi connectivity index (χ0n) is 22.1. The van der Waals surface area contributed by atoms with Crippen LogP contribution in [-0.2, 0) is 15.7 Å². The Bertz CT molecular complexity index is 1420. The minimum Gasteiger partial charge on any atom is -0.383 e. The quantitative estimate of drug-likeness (QED) is 0.416. The first kappa shape index (κ1) is 26.6. The van der Waals surface area contributed by atoms with E-state index in [1.54, 1.807) is 7.11 Å². The van der Waals surface area contributed by atoms with Gasteiger partial charge >= 0.3 is 6.18 Å². The summed E-state index contributed by atoms with van der Waals surface area (Å²) in [7, 11) is 1.68. The molecule has 3 N–H and O–H groups in total. The van der Waals surface area contributed by atoms with Gasteiger partial charge in [0.05, 0.1) is 35.6 Å². The van der Waals surface area contributed by atoms with Gasteiger partial charge in [0.2, 0.25) is 11.7 Å². The molecule has 8 nitrogen and oxygen atoms in total. The summed E-state index contributed by atoms with van der Waals surface area (Å²) in [6.45, 7) is 1.18. The molecule has 0 unspecified atom stereocenters. The second-order valence-corrected chi connectivity index (χ2v) is 11.0. The molecule has 6 rings (SSSR count). The maximum Gasteiger partial charge on any atom is 0.449 e. The number of H-pyrrole nitrogens is 1. The Morgan fingerprint density at radius 1 is 1.12 bits per heavy atom. The van der Waals surface area contributed by atoms with E-state index in [1.165, 1.54) is 18.2 Å². The highest BCUT2D eigenvalue weighted by Crippen LogP contribution is 2.47. The summed E-state index contributed by atoms with van der Waals surface area (Å²) in [5.74, 6) is -1.63. The molecular weight excluding hydrogens is 523 g/mol. The van der Waals surface area contributed by atoms with Gasteiger partial charge in [-0.05, 0) is 49.1 Å². The van der Waals surface area contributed by atoms with E-state index in [-0.39, 0.29) is 52.5 Å². The number of hydrogen-bond acceptors (Lipinski definition) is 5. The van der Waals surface area contributed by atoms with Crippen LogP contribution in [0.5, 0.6) is 0 Å². The van der Waals surface area contributed by atoms with E-state index in [0.29, 0.717) is 26.0 Å². The van der Waals surface area contributed by atoms with Gasteiger partial charge in [0.25, 0.3) is 5.91 Å². The highest BCUT2D eigenvalue weighted by atomic mass is 19.4. The summed E-state index contributed by atoms with van der Waals surface area (Å²) in [4.78, 5) is 35.2. The first-order valence-corrected chi connectivity index (χ1v) is 13.8. The first-order chi connectivity index (χ1) is 19.2. The average Bonchev–Trinajstić information content (AvgIpc) is 3.58. The maximum absolute atomic E-state index is 14.1. The van der Waals surface area contributed by atoms with Crippen LogP contribution < -0.4 is 10.6 Å². The summed E-state index contributed by atoms with van der Waals surface area (Å²) in [6.07, 6.45) is -0.626. The van der Waals surface area contributed by atoms with Crippen molar-refractivity contribution in [2.75, 3.05) is 25.6 Å². The lowest BCUT2D eigenvalue weighted by molar-refractivity contribution is -0.144. The molecule has 3 heterocycles. The van der Waals surface area contributed by atoms with Gasteiger partial charge in [-0.2, -0.15) is 13.2 Å². The number of fused-ring (bicyclic) bond motifs is 4. The van der Waals surface area contributed by atoms with E-state index in [0.717, 1.165) is 30.5 Å². The molecule has 5 atom stereocenters. The predicted octanol–water partition coefficient (Wildman–Crippen LogP) is 4.90. The Kier molecular flexibility index (Phi) is 6.93. The number of para-hydroxylation sites is 1. The van der Waals surface area contributed by atoms with Crippen molar-refractivity contribution in [1.29, 1.82) is 0 Å². The molecular formula is C29H32F3N5O3. The molecule has 2 fully saturated rings. The van der Waals surface area contributed by atoms with Gasteiger partial charge in [-0.3, -0.25) is 9.59 Å². The van der Waals surface area contributed by atoms with Crippen molar-refractivity contribution < 1.29 is 27.5 Å². The predicted molar refractivity (Wildman–Crippen MR) is 143 cm³/mol. The normalized spacial score (nSPS) is 26.2. The van der Waals surface area contributed by atoms with Gasteiger partial charge in [-0.1, -0.05) is 31.0 Å². The number of aromatic nitrogens is 2. The largest absolute Gasteiger partial charge is 0.449 e. The molecule has 0 radical (unpaired) electrons. The van der Waals surface area contributed by atoms with Crippen LogP contribution in [0.2, 0.25) is 0 Å². The van der Waals surface area contributed by atoms with Crippen LogP contribution in [0.4, 0.5) is 18.9 Å². The number of amides is 2. The van der Waals surface area contributed by atoms with E-state index in [9.17, 15) is 22.8 Å². The number of ether oxygens (including phenoxy) is 1. The van der Waals surface area contributed by atoms with Crippen molar-refractivity contribution in [3.8, 4) is 0 Å². The number of imidazole rings is 1. The fourth-order valence-electron chi connectivity index (χ4n) is 6.77. The van der Waals surface area contributed by atoms with Gasteiger partial charge in [0.15, 0.2) is 0 Å². The van der Waals surface area contributed by atoms with Gasteiger partial charge < -0.3 is 25.3 Å². The number of aromatic amines is 1. The number of rotatable bonds is 5. The smallest absolute Gasteiger partial charge is 0.383 e. The van der Waals surface area contributed by atoms with Crippen LogP contribution in [-0.4, -0.2) is 59.0 Å². The summed E-state index contributed by atoms with van der Waals surface area (Å²) in [5, 5.41) is 6.63. The maximum atomic E-state index is 14.1. The van der Waals surface area contributed by atoms with Gasteiger partial charge in [-0.15, -0.1) is 0 Å². The number of alkyl halides is 3. The third-order valence-corrected chi connectivity index (χ3v) is 8.62. The third-order valence-electron chi connectivity index (χ3n) is 8.62. The number of carbonyl (C=O) groups excluding carboxylic acids is 2. The Balaban J connectivity index is 1.22. The molecule has 1 aliphatic carbocycles. The van der Waals surface area contributed by atoms with Crippen LogP contribution in [0.25, 0.3) is 11.0 Å². The number of anilines is 1. The Morgan fingerprint density at radius 2 is 1.93 bits per heavy atom. The summed E-state index contributed by atoms with van der Waals surface area (Å²) in [6, 6.07) is 12.0. The summed E-state index contributed by atoms with van der Waals surface area (Å²) < 4.78 is 44.7. The zero-order chi connectivity index (χ0) is 28.0. The molecule has 212 valence electrons. The minimum absolute atomic E-state index is 0.0444. The van der Waals surface area contributed by atoms with Crippen molar-refractivity contribution in [1.82, 2.24) is 20.2 Å². The Morgan fingerprint density at radius 3 is 2.73 bits per heavy atom. The van der Waals surface area contributed by atoms with E-state index < -0.39 is 17.9 Å². The van der Waals surface area contributed by atoms with Crippen LogP contribution in [0.15, 0.2) is 42.5 Å². The van der Waals surface area contributed by atoms with Crippen molar-refractivity contribution in [3.05, 3.63) is 59.4 Å². The van der Waals surface area contributed by atoms with E-state index in [4.69, 9.17) is 4.74 Å². The summed E-state index contributed by atoms with van der Waals surface area (Å²) >= 11 is 0. The summed E-state index contributed by atoms with van der Waals surface area (Å²) in [5.41, 5.74) is 2.59. The number of halogens is 3. The van der Waals surface area contributed by atoms with E-state index >= 15 is 0 Å². The topological polar surface area (TPSA) is 99.4 Å². The van der Waals surface area contributed by atoms with Crippen LogP contribution >= 0.6 is 0 Å². The monoisotopic (exact) mass is 555 g/mol. The number of nitrogens with one attached hydrogen (secondary N) is 3. The first-order valence-electron chi connectivity index (χ1n) is 13.8. The molecule has 40 heavy (non-hydrogen) atoms. The van der Waals surface area contributed by atoms with E-state index in [2.05, 4.69) is 26.7 Å². The molecule has 2 aromatic carbocycles. The lowest BCUT2D eigenvalue weighted by Gasteiger charge is -2.41. The lowest BCUT2D eigenvalue weighted by Crippen LogP contribution is -2.50. The van der Waals surface area contributed by atoms with Crippen molar-refractivity contribution in [3.63, 3.8) is 0 Å². The standard InChI is InChI=1S/C29H32F3N5O3/c1-40-15-24-18-12-13-37(25(18)17-6-2-4-8-20(17)33-24)27(39)19-7-3-5-9-21(19)34-26(38)16-10-11-22-23(14-16)36-28(35-22)29(30,31)32/h2,4,6,8,10-11,14,18-19,21,24-25,33H,3,5,7,9,12-13,15H2,1H3,(H,34,38)(H,35,36)/t18-,19+,21-,24+,25+/m1/s1. The molecule has 1 saturated heterocycles. The second-order valence-electron chi connectivity index (χ2n) is 11.0. The van der Waals surface area contributed by atoms with Crippen molar-refractivity contribution in [2.24, 2.45) is 11.8 Å². The molecule has 11 heteroatoms. The van der Waals surface area contributed by atoms with Crippen molar-refractivity contribution in [2.45, 2.75) is 56.4 Å². The fraction of sp³-hybridized carbons (Fsp3) is 0.483. The average molecular weight is 556 g/mol. The van der Waals surface area contributed by atoms with Gasteiger partial charge in [0, 0.05) is 36.9 Å². The Hall–Kier alpha value is -3.60. The van der Waals surface area contributed by atoms with Gasteiger partial charge in [0.1, 0.15) is 0 Å². The minimum atomic E-state index is -4.61. The number of hydrogen-bond donors (Lipinski definition) is 3. The number of nitrogens with zero attached hydrogens (tertiary/aromatic N) is 2. The van der Waals surface area contributed by atoms with Crippen LogP contribution in [0.1, 0.15) is 59.9 Å². The molecule has 3 aromatic rings. The Labute approximate surface area is 229 Å². The zero-order valence-corrected chi connectivity index (χ0v) is 22.1. The molecule has 1 aromatic heterocycles. The SMILES string of the molecule is COC[C@@H]1Nc2ccccc2[C@H]2[C@@H]1CCN2C(=O)[C@H]1CCCC[C@H]1NC(=O)c1ccc2[nH]c(C(F)(F)F)nc2c1. The molecule has 1 saturated carbocycles. The van der Waals surface area contributed by atoms with Crippen LogP contribution in [0, 0.1) is 11.8 Å². The highest BCUT2D eigenvalue weighted by Gasteiger charge is 2.48. The van der Waals surface area contributed by atoms with Crippen molar-refractivity contribution >= 4 is 28.5 Å². The second kappa shape index (κ2) is 10.4. The molecule has 3 aliphatic rings. The third kappa shape index (κ3) is 4.80. The molecule has 2 amide bonds. The number of likely N-dealkylation sites (tertiary alicyclic amines) is 1. The van der Waals surface area contributed by atoms with E-state index in [1.807, 2.05) is 23.1 Å². The van der Waals surface area contributed by atoms with Gasteiger partial charge in [-0.25, -0.2) is 4.98 Å². The highest BCUT2D eigenvalue weighted by molar-refractivity contribution is 5.98. The molecule has 0 bridgehead atoms. The fourth-order valence-corrected chi connectivity index (χ4v) is 6.77.